The highest BCUT2D eigenvalue weighted by molar-refractivity contribution is 5.69. The minimum Gasteiger partial charge on any atom is -0.504 e. The molecule has 1 aromatic carbocycles. The van der Waals surface area contributed by atoms with Crippen LogP contribution in [0, 0.1) is 0 Å². The first-order valence-electron chi connectivity index (χ1n) is 15.6. The molecule has 2 aliphatic rings. The maximum absolute atomic E-state index is 12.5. The molecule has 0 aliphatic carbocycles. The van der Waals surface area contributed by atoms with E-state index in [1.807, 2.05) is 0 Å². The molecule has 0 amide bonds. The Morgan fingerprint density at radius 1 is 0.538 bits per heavy atom. The Kier molecular flexibility index (Phi) is 14.5. The SMILES string of the molecule is CC(=O)OC[C@H]1O[C@H](O[C@H]2[C@H](OC(C)=O)[C@@H](OC(C)=O)[C@H](Oc3cccc(O)c3O)O[C@@H]2COC(C)=O)[C@H](OC(C)=O)[C@@H](OC(C)=O)[C@@H]1OC(C)=O. The van der Waals surface area contributed by atoms with Crippen molar-refractivity contribution in [3.05, 3.63) is 18.2 Å². The van der Waals surface area contributed by atoms with Gasteiger partial charge in [-0.1, -0.05) is 6.07 Å². The van der Waals surface area contributed by atoms with Crippen molar-refractivity contribution in [2.75, 3.05) is 13.2 Å². The summed E-state index contributed by atoms with van der Waals surface area (Å²) in [6.45, 7) is 5.94. The normalized spacial score (nSPS) is 28.3. The summed E-state index contributed by atoms with van der Waals surface area (Å²) in [6, 6.07) is 3.69. The Hall–Kier alpha value is -5.21. The molecule has 2 heterocycles. The van der Waals surface area contributed by atoms with E-state index in [0.717, 1.165) is 54.5 Å². The molecular formula is C32H40O20. The number of hydrogen-bond donors (Lipinski definition) is 2. The number of hydrogen-bond acceptors (Lipinski definition) is 20. The molecule has 3 rings (SSSR count). The van der Waals surface area contributed by atoms with Crippen molar-refractivity contribution in [2.24, 2.45) is 0 Å². The summed E-state index contributed by atoms with van der Waals surface area (Å²) in [5, 5.41) is 20.4. The van der Waals surface area contributed by atoms with Gasteiger partial charge in [0.25, 0.3) is 0 Å². The summed E-state index contributed by atoms with van der Waals surface area (Å²) in [7, 11) is 0. The smallest absolute Gasteiger partial charge is 0.303 e. The van der Waals surface area contributed by atoms with Gasteiger partial charge in [0, 0.05) is 48.5 Å². The van der Waals surface area contributed by atoms with Gasteiger partial charge in [-0.2, -0.15) is 0 Å². The van der Waals surface area contributed by atoms with Crippen LogP contribution in [-0.4, -0.2) is 127 Å². The summed E-state index contributed by atoms with van der Waals surface area (Å²) in [5.41, 5.74) is 0. The molecular weight excluding hydrogens is 704 g/mol. The first-order valence-corrected chi connectivity index (χ1v) is 15.6. The number of rotatable bonds is 13. The largest absolute Gasteiger partial charge is 0.504 e. The van der Waals surface area contributed by atoms with E-state index in [1.165, 1.54) is 12.1 Å². The summed E-state index contributed by atoms with van der Waals surface area (Å²) in [5.74, 6) is -7.93. The molecule has 0 spiro atoms. The molecule has 10 atom stereocenters. The number of phenols is 2. The van der Waals surface area contributed by atoms with E-state index < -0.39 is 128 Å². The third-order valence-electron chi connectivity index (χ3n) is 7.11. The zero-order chi connectivity index (χ0) is 38.9. The molecule has 1 aromatic rings. The van der Waals surface area contributed by atoms with Gasteiger partial charge in [-0.15, -0.1) is 0 Å². The highest BCUT2D eigenvalue weighted by Gasteiger charge is 2.58. The molecule has 20 nitrogen and oxygen atoms in total. The van der Waals surface area contributed by atoms with Crippen LogP contribution in [0.3, 0.4) is 0 Å². The minimum atomic E-state index is -1.86. The van der Waals surface area contributed by atoms with Gasteiger partial charge in [-0.05, 0) is 12.1 Å². The predicted octanol–water partition coefficient (Wildman–Crippen LogP) is 0.0963. The number of ether oxygens (including phenoxy) is 11. The first-order chi connectivity index (χ1) is 24.4. The third-order valence-corrected chi connectivity index (χ3v) is 7.11. The second kappa shape index (κ2) is 18.3. The van der Waals surface area contributed by atoms with Gasteiger partial charge in [0.2, 0.25) is 18.1 Å². The van der Waals surface area contributed by atoms with E-state index in [2.05, 4.69) is 0 Å². The second-order valence-corrected chi connectivity index (χ2v) is 11.4. The van der Waals surface area contributed by atoms with Crippen LogP contribution in [-0.2, 0) is 80.9 Å². The van der Waals surface area contributed by atoms with Crippen LogP contribution < -0.4 is 4.74 Å². The third kappa shape index (κ3) is 11.4. The Balaban J connectivity index is 2.19. The molecule has 2 saturated heterocycles. The maximum atomic E-state index is 12.5. The zero-order valence-electron chi connectivity index (χ0n) is 29.2. The molecule has 0 aromatic heterocycles. The Bertz CT molecular complexity index is 1490. The highest BCUT2D eigenvalue weighted by atomic mass is 16.8. The summed E-state index contributed by atoms with van der Waals surface area (Å²) in [6.07, 6.45) is -16.7. The lowest BCUT2D eigenvalue weighted by atomic mass is 9.96. The van der Waals surface area contributed by atoms with Crippen molar-refractivity contribution in [2.45, 2.75) is 110 Å². The van der Waals surface area contributed by atoms with Crippen molar-refractivity contribution in [1.82, 2.24) is 0 Å². The summed E-state index contributed by atoms with van der Waals surface area (Å²) >= 11 is 0. The van der Waals surface area contributed by atoms with Crippen LogP contribution in [0.1, 0.15) is 48.5 Å². The lowest BCUT2D eigenvalue weighted by Gasteiger charge is -2.48. The van der Waals surface area contributed by atoms with Gasteiger partial charge >= 0.3 is 41.8 Å². The molecule has 20 heteroatoms. The molecule has 52 heavy (non-hydrogen) atoms. The molecule has 2 N–H and O–H groups in total. The van der Waals surface area contributed by atoms with Crippen molar-refractivity contribution >= 4 is 41.8 Å². The Morgan fingerprint density at radius 3 is 1.42 bits per heavy atom. The lowest BCUT2D eigenvalue weighted by molar-refractivity contribution is -0.354. The van der Waals surface area contributed by atoms with Crippen molar-refractivity contribution in [3.8, 4) is 17.2 Å². The Labute approximate surface area is 296 Å². The first kappa shape index (κ1) is 41.2. The van der Waals surface area contributed by atoms with Gasteiger partial charge in [0.1, 0.15) is 31.5 Å². The average Bonchev–Trinajstić information content (AvgIpc) is 3.01. The monoisotopic (exact) mass is 744 g/mol. The molecule has 0 saturated carbocycles. The maximum Gasteiger partial charge on any atom is 0.303 e. The fraction of sp³-hybridized carbons (Fsp3) is 0.594. The minimum absolute atomic E-state index is 0.367. The molecule has 0 bridgehead atoms. The van der Waals surface area contributed by atoms with E-state index in [0.29, 0.717) is 0 Å². The number of phenolic OH excluding ortho intramolecular Hbond substituents is 2. The van der Waals surface area contributed by atoms with Gasteiger partial charge in [-0.25, -0.2) is 0 Å². The van der Waals surface area contributed by atoms with E-state index in [9.17, 15) is 43.8 Å². The summed E-state index contributed by atoms with van der Waals surface area (Å²) in [4.78, 5) is 85.4. The van der Waals surface area contributed by atoms with Crippen LogP contribution >= 0.6 is 0 Å². The fourth-order valence-electron chi connectivity index (χ4n) is 5.30. The average molecular weight is 745 g/mol. The second-order valence-electron chi connectivity index (χ2n) is 11.4. The highest BCUT2D eigenvalue weighted by Crippen LogP contribution is 2.39. The lowest BCUT2D eigenvalue weighted by Crippen LogP contribution is -2.67. The van der Waals surface area contributed by atoms with Crippen LogP contribution in [0.15, 0.2) is 18.2 Å². The van der Waals surface area contributed by atoms with Gasteiger partial charge in [-0.3, -0.25) is 33.6 Å². The van der Waals surface area contributed by atoms with Gasteiger partial charge in [0.05, 0.1) is 0 Å². The number of benzene rings is 1. The van der Waals surface area contributed by atoms with Crippen LogP contribution in [0.5, 0.6) is 17.2 Å². The summed E-state index contributed by atoms with van der Waals surface area (Å²) < 4.78 is 61.6. The number of para-hydroxylation sites is 1. The number of carbonyl (C=O) groups excluding carboxylic acids is 7. The fourth-order valence-corrected chi connectivity index (χ4v) is 5.30. The topological polar surface area (TPSA) is 261 Å². The van der Waals surface area contributed by atoms with Crippen molar-refractivity contribution in [1.29, 1.82) is 0 Å². The van der Waals surface area contributed by atoms with E-state index in [4.69, 9.17) is 52.1 Å². The standard InChI is InChI=1S/C32H40O20/c1-13(33)42-11-22-25(44-15(3)35)27(45-16(4)36)30(48-19(7)39)32(51-22)52-26-23(12-43-14(2)34)50-31(49-21-10-8-9-20(40)24(21)41)29(47-18(6)38)28(26)46-17(5)37/h8-10,22-23,25-32,40-41H,11-12H2,1-7H3/t22-,23-,25-,26-,27+,28+,29-,30-,31-,32-/m1/s1. The molecule has 2 aliphatic heterocycles. The number of carbonyl (C=O) groups is 7. The molecule has 288 valence electrons. The van der Waals surface area contributed by atoms with Crippen molar-refractivity contribution in [3.63, 3.8) is 0 Å². The number of esters is 7. The van der Waals surface area contributed by atoms with Crippen LogP contribution in [0.4, 0.5) is 0 Å². The van der Waals surface area contributed by atoms with Crippen LogP contribution in [0.2, 0.25) is 0 Å². The Morgan fingerprint density at radius 2 is 0.942 bits per heavy atom. The van der Waals surface area contributed by atoms with Crippen molar-refractivity contribution < 1.29 is 95.9 Å². The predicted molar refractivity (Wildman–Crippen MR) is 164 cm³/mol. The van der Waals surface area contributed by atoms with E-state index in [-0.39, 0.29) is 5.75 Å². The molecule has 0 unspecified atom stereocenters. The molecule has 0 radical (unpaired) electrons. The van der Waals surface area contributed by atoms with E-state index >= 15 is 0 Å². The van der Waals surface area contributed by atoms with E-state index in [1.54, 1.807) is 0 Å². The quantitative estimate of drug-likeness (QED) is 0.154. The van der Waals surface area contributed by atoms with Gasteiger partial charge < -0.3 is 62.3 Å². The van der Waals surface area contributed by atoms with Gasteiger partial charge in [0.15, 0.2) is 42.2 Å². The number of aromatic hydroxyl groups is 2. The zero-order valence-corrected chi connectivity index (χ0v) is 29.2. The van der Waals surface area contributed by atoms with Crippen LogP contribution in [0.25, 0.3) is 0 Å². The molecule has 2 fully saturated rings.